The minimum absolute atomic E-state index is 0.0567. The summed E-state index contributed by atoms with van der Waals surface area (Å²) in [6.45, 7) is 8.47. The summed E-state index contributed by atoms with van der Waals surface area (Å²) in [5.41, 5.74) is 1.45. The van der Waals surface area contributed by atoms with E-state index in [4.69, 9.17) is 9.47 Å². The van der Waals surface area contributed by atoms with Gasteiger partial charge < -0.3 is 14.6 Å². The number of allylic oxidation sites excluding steroid dienone is 1. The molecule has 0 aromatic rings. The number of carbonyl (C=O) groups is 2. The zero-order chi connectivity index (χ0) is 21.1. The standard InChI is InChI=1S/C24H38O5/c1-5-15(3)24(27)29-21-11-14(2)10-17-7-6-16(4)20(23(17)21)9-8-19-12-18(25)13-22(26)28-19/h10,14-16,18-21,23,25H,5-9,11-13H2,1-4H3/t14-,15+,16+,18-,19-,20+,21+,23+/m1/s1. The van der Waals surface area contributed by atoms with E-state index in [0.717, 1.165) is 38.5 Å². The van der Waals surface area contributed by atoms with E-state index in [1.54, 1.807) is 0 Å². The smallest absolute Gasteiger partial charge is 0.308 e. The van der Waals surface area contributed by atoms with Crippen molar-refractivity contribution in [1.29, 1.82) is 0 Å². The maximum atomic E-state index is 12.6. The van der Waals surface area contributed by atoms with Gasteiger partial charge in [-0.15, -0.1) is 0 Å². The lowest BCUT2D eigenvalue weighted by Gasteiger charge is -2.46. The summed E-state index contributed by atoms with van der Waals surface area (Å²) in [4.78, 5) is 24.2. The molecule has 3 rings (SSSR count). The van der Waals surface area contributed by atoms with Gasteiger partial charge in [0.1, 0.15) is 12.2 Å². The molecule has 3 aliphatic rings. The van der Waals surface area contributed by atoms with E-state index >= 15 is 0 Å². The van der Waals surface area contributed by atoms with E-state index < -0.39 is 6.10 Å². The molecule has 1 saturated heterocycles. The van der Waals surface area contributed by atoms with Gasteiger partial charge in [-0.1, -0.05) is 39.3 Å². The number of hydrogen-bond acceptors (Lipinski definition) is 5. The van der Waals surface area contributed by atoms with Crippen LogP contribution in [0.15, 0.2) is 11.6 Å². The minimum Gasteiger partial charge on any atom is -0.462 e. The topological polar surface area (TPSA) is 72.8 Å². The van der Waals surface area contributed by atoms with Crippen LogP contribution < -0.4 is 0 Å². The summed E-state index contributed by atoms with van der Waals surface area (Å²) in [6, 6.07) is 0. The number of fused-ring (bicyclic) bond motifs is 1. The van der Waals surface area contributed by atoms with Crippen molar-refractivity contribution in [1.82, 2.24) is 0 Å². The average Bonchev–Trinajstić information content (AvgIpc) is 2.65. The molecule has 0 aromatic carbocycles. The van der Waals surface area contributed by atoms with Crippen LogP contribution in [0.4, 0.5) is 0 Å². The second kappa shape index (κ2) is 9.63. The summed E-state index contributed by atoms with van der Waals surface area (Å²) in [6.07, 6.45) is 7.82. The predicted molar refractivity (Wildman–Crippen MR) is 111 cm³/mol. The van der Waals surface area contributed by atoms with E-state index in [-0.39, 0.29) is 42.4 Å². The molecule has 2 aliphatic carbocycles. The summed E-state index contributed by atoms with van der Waals surface area (Å²) < 4.78 is 11.6. The van der Waals surface area contributed by atoms with Gasteiger partial charge in [-0.25, -0.2) is 0 Å². The van der Waals surface area contributed by atoms with Gasteiger partial charge in [0.15, 0.2) is 0 Å². The molecule has 1 aliphatic heterocycles. The highest BCUT2D eigenvalue weighted by molar-refractivity contribution is 5.72. The molecular weight excluding hydrogens is 368 g/mol. The Labute approximate surface area is 175 Å². The Hall–Kier alpha value is -1.36. The van der Waals surface area contributed by atoms with Gasteiger partial charge in [0, 0.05) is 12.3 Å². The lowest BCUT2D eigenvalue weighted by atomic mass is 9.62. The summed E-state index contributed by atoms with van der Waals surface area (Å²) in [5.74, 6) is 1.22. The van der Waals surface area contributed by atoms with E-state index in [1.165, 1.54) is 5.57 Å². The summed E-state index contributed by atoms with van der Waals surface area (Å²) in [5, 5.41) is 9.90. The van der Waals surface area contributed by atoms with Gasteiger partial charge >= 0.3 is 11.9 Å². The van der Waals surface area contributed by atoms with Crippen molar-refractivity contribution in [3.8, 4) is 0 Å². The van der Waals surface area contributed by atoms with Crippen molar-refractivity contribution in [3.05, 3.63) is 11.6 Å². The van der Waals surface area contributed by atoms with Crippen LogP contribution in [0.3, 0.4) is 0 Å². The molecule has 8 atom stereocenters. The van der Waals surface area contributed by atoms with Crippen LogP contribution >= 0.6 is 0 Å². The summed E-state index contributed by atoms with van der Waals surface area (Å²) in [7, 11) is 0. The molecule has 0 amide bonds. The van der Waals surface area contributed by atoms with E-state index in [0.29, 0.717) is 24.2 Å². The third kappa shape index (κ3) is 5.42. The zero-order valence-corrected chi connectivity index (χ0v) is 18.4. The number of carbonyl (C=O) groups excluding carboxylic acids is 2. The Kier molecular flexibility index (Phi) is 7.42. The number of rotatable bonds is 6. The van der Waals surface area contributed by atoms with Crippen molar-refractivity contribution in [2.75, 3.05) is 0 Å². The zero-order valence-electron chi connectivity index (χ0n) is 18.4. The first kappa shape index (κ1) is 22.3. The maximum Gasteiger partial charge on any atom is 0.308 e. The Morgan fingerprint density at radius 1 is 1.31 bits per heavy atom. The molecule has 0 unspecified atom stereocenters. The van der Waals surface area contributed by atoms with Crippen molar-refractivity contribution >= 4 is 11.9 Å². The SMILES string of the molecule is CC[C@H](C)C(=O)O[C@H]1C[C@H](C)C=C2CC[C@H](C)[C@H](CC[C@@H]3C[C@@H](O)CC(=O)O3)[C@H]21. The van der Waals surface area contributed by atoms with Crippen molar-refractivity contribution in [3.63, 3.8) is 0 Å². The van der Waals surface area contributed by atoms with E-state index in [1.807, 2.05) is 13.8 Å². The van der Waals surface area contributed by atoms with E-state index in [2.05, 4.69) is 19.9 Å². The minimum atomic E-state index is -0.583. The van der Waals surface area contributed by atoms with Crippen LogP contribution in [-0.2, 0) is 19.1 Å². The Morgan fingerprint density at radius 2 is 2.07 bits per heavy atom. The fourth-order valence-corrected chi connectivity index (χ4v) is 5.49. The Bertz CT molecular complexity index is 627. The molecule has 1 N–H and O–H groups in total. The Morgan fingerprint density at radius 3 is 2.76 bits per heavy atom. The fourth-order valence-electron chi connectivity index (χ4n) is 5.49. The van der Waals surface area contributed by atoms with Gasteiger partial charge in [-0.2, -0.15) is 0 Å². The predicted octanol–water partition coefficient (Wildman–Crippen LogP) is 4.42. The molecule has 0 aromatic heterocycles. The largest absolute Gasteiger partial charge is 0.462 e. The molecular formula is C24H38O5. The molecule has 0 spiro atoms. The van der Waals surface area contributed by atoms with Crippen LogP contribution in [0.25, 0.3) is 0 Å². The molecule has 164 valence electrons. The monoisotopic (exact) mass is 406 g/mol. The average molecular weight is 407 g/mol. The number of ether oxygens (including phenoxy) is 2. The number of hydrogen-bond donors (Lipinski definition) is 1. The highest BCUT2D eigenvalue weighted by atomic mass is 16.5. The number of aliphatic hydroxyl groups excluding tert-OH is 1. The highest BCUT2D eigenvalue weighted by Gasteiger charge is 2.43. The van der Waals surface area contributed by atoms with Crippen LogP contribution in [0.2, 0.25) is 0 Å². The summed E-state index contributed by atoms with van der Waals surface area (Å²) >= 11 is 0. The third-order valence-corrected chi connectivity index (χ3v) is 7.35. The van der Waals surface area contributed by atoms with Crippen LogP contribution in [0.1, 0.15) is 79.1 Å². The molecule has 1 heterocycles. The van der Waals surface area contributed by atoms with Crippen LogP contribution in [0, 0.1) is 29.6 Å². The molecule has 1 saturated carbocycles. The van der Waals surface area contributed by atoms with Gasteiger partial charge in [-0.05, 0) is 56.3 Å². The lowest BCUT2D eigenvalue weighted by Crippen LogP contribution is -2.43. The molecule has 2 fully saturated rings. The molecule has 5 nitrogen and oxygen atoms in total. The lowest BCUT2D eigenvalue weighted by molar-refractivity contribution is -0.162. The second-order valence-corrected chi connectivity index (χ2v) is 9.73. The number of esters is 2. The quantitative estimate of drug-likeness (QED) is 0.522. The molecule has 0 bridgehead atoms. The Balaban J connectivity index is 1.72. The van der Waals surface area contributed by atoms with Crippen molar-refractivity contribution in [2.24, 2.45) is 29.6 Å². The number of aliphatic hydroxyl groups is 1. The van der Waals surface area contributed by atoms with Crippen LogP contribution in [0.5, 0.6) is 0 Å². The van der Waals surface area contributed by atoms with Gasteiger partial charge in [0.2, 0.25) is 0 Å². The van der Waals surface area contributed by atoms with Crippen molar-refractivity contribution < 1.29 is 24.2 Å². The first-order valence-corrected chi connectivity index (χ1v) is 11.6. The maximum absolute atomic E-state index is 12.6. The molecule has 0 radical (unpaired) electrons. The molecule has 5 heteroatoms. The third-order valence-electron chi connectivity index (χ3n) is 7.35. The second-order valence-electron chi connectivity index (χ2n) is 9.73. The van der Waals surface area contributed by atoms with Gasteiger partial charge in [0.05, 0.1) is 18.4 Å². The first-order valence-electron chi connectivity index (χ1n) is 11.6. The van der Waals surface area contributed by atoms with Gasteiger partial charge in [-0.3, -0.25) is 9.59 Å². The first-order chi connectivity index (χ1) is 13.8. The fraction of sp³-hybridized carbons (Fsp3) is 0.833. The van der Waals surface area contributed by atoms with Gasteiger partial charge in [0.25, 0.3) is 0 Å². The number of cyclic esters (lactones) is 1. The molecule has 29 heavy (non-hydrogen) atoms. The highest BCUT2D eigenvalue weighted by Crippen LogP contribution is 2.48. The van der Waals surface area contributed by atoms with Crippen LogP contribution in [-0.4, -0.2) is 35.4 Å². The normalized spacial score (nSPS) is 38.4. The van der Waals surface area contributed by atoms with Crippen molar-refractivity contribution in [2.45, 2.75) is 97.4 Å². The van der Waals surface area contributed by atoms with E-state index in [9.17, 15) is 14.7 Å².